The highest BCUT2D eigenvalue weighted by Gasteiger charge is 2.15. The molecule has 0 N–H and O–H groups in total. The third kappa shape index (κ3) is 6.37. The number of benzene rings is 4. The lowest BCUT2D eigenvalue weighted by molar-refractivity contribution is -0.696. The lowest BCUT2D eigenvalue weighted by atomic mass is 10.0. The number of hydrogen-bond donors (Lipinski definition) is 0. The van der Waals surface area contributed by atoms with Crippen LogP contribution in [0.4, 0.5) is 0 Å². The van der Waals surface area contributed by atoms with E-state index in [9.17, 15) is 0 Å². The van der Waals surface area contributed by atoms with Gasteiger partial charge in [0.1, 0.15) is 0 Å². The number of hydrogen-bond acceptors (Lipinski definition) is 1. The minimum Gasteiger partial charge on any atom is -0.343 e. The first kappa shape index (κ1) is 26.5. The van der Waals surface area contributed by atoms with Crippen molar-refractivity contribution in [2.75, 3.05) is 6.54 Å². The molecule has 0 atom stereocenters. The summed E-state index contributed by atoms with van der Waals surface area (Å²) in [6.07, 6.45) is 8.90. The van der Waals surface area contributed by atoms with Crippen molar-refractivity contribution < 1.29 is 4.57 Å². The lowest BCUT2D eigenvalue weighted by Gasteiger charge is -2.21. The molecule has 41 heavy (non-hydrogen) atoms. The number of rotatable bonds is 10. The fraction of sp³-hybridized carbons (Fsp3) is 0.132. The summed E-state index contributed by atoms with van der Waals surface area (Å²) < 4.78 is 4.59. The monoisotopic (exact) mass is 534 g/mol. The van der Waals surface area contributed by atoms with E-state index in [0.29, 0.717) is 0 Å². The highest BCUT2D eigenvalue weighted by atomic mass is 15.1. The normalized spacial score (nSPS) is 11.6. The Kier molecular flexibility index (Phi) is 8.16. The van der Waals surface area contributed by atoms with Crippen molar-refractivity contribution in [2.45, 2.75) is 19.6 Å². The molecule has 0 fully saturated rings. The minimum atomic E-state index is 0.936. The largest absolute Gasteiger partial charge is 0.343 e. The second-order valence-corrected chi connectivity index (χ2v) is 10.6. The standard InChI is InChI=1S/C38H36N3/c1-39-37-20-12-11-19-35(37)36(38(39)34-17-9-4-10-18-34)22-21-31-23-25-40(26-24-31)27-28-41(29-32-13-5-2-6-14-32)30-33-15-7-3-8-16-33/h2-26H,27-30H2,1H3/q+1. The van der Waals surface area contributed by atoms with E-state index in [1.165, 1.54) is 44.4 Å². The van der Waals surface area contributed by atoms with Crippen LogP contribution in [0.3, 0.4) is 0 Å². The van der Waals surface area contributed by atoms with Gasteiger partial charge in [0.2, 0.25) is 0 Å². The number of nitrogens with zero attached hydrogens (tertiary/aromatic N) is 3. The van der Waals surface area contributed by atoms with Gasteiger partial charge in [-0.15, -0.1) is 0 Å². The summed E-state index contributed by atoms with van der Waals surface area (Å²) >= 11 is 0. The molecule has 3 nitrogen and oxygen atoms in total. The maximum Gasteiger partial charge on any atom is 0.169 e. The SMILES string of the molecule is Cn1c(-c2ccccc2)c(C=Cc2cc[n+](CCN(Cc3ccccc3)Cc3ccccc3)cc2)c2ccccc21. The van der Waals surface area contributed by atoms with Gasteiger partial charge in [-0.2, -0.15) is 0 Å². The molecule has 3 heteroatoms. The third-order valence-electron chi connectivity index (χ3n) is 7.73. The fourth-order valence-electron chi connectivity index (χ4n) is 5.60. The van der Waals surface area contributed by atoms with Gasteiger partial charge in [0, 0.05) is 48.7 Å². The van der Waals surface area contributed by atoms with Crippen LogP contribution in [0.15, 0.2) is 140 Å². The molecule has 4 aromatic carbocycles. The number of fused-ring (bicyclic) bond motifs is 1. The van der Waals surface area contributed by atoms with Crippen LogP contribution in [0.1, 0.15) is 22.3 Å². The maximum absolute atomic E-state index is 2.52. The van der Waals surface area contributed by atoms with Crippen LogP contribution in [0.2, 0.25) is 0 Å². The summed E-state index contributed by atoms with van der Waals surface area (Å²) in [4.78, 5) is 2.52. The van der Waals surface area contributed by atoms with Crippen molar-refractivity contribution in [3.05, 3.63) is 162 Å². The van der Waals surface area contributed by atoms with Crippen molar-refractivity contribution in [2.24, 2.45) is 7.05 Å². The smallest absolute Gasteiger partial charge is 0.169 e. The van der Waals surface area contributed by atoms with Crippen LogP contribution in [0.25, 0.3) is 34.3 Å². The molecule has 2 heterocycles. The quantitative estimate of drug-likeness (QED) is 0.162. The summed E-state index contributed by atoms with van der Waals surface area (Å²) in [5, 5.41) is 1.27. The molecule has 0 saturated heterocycles. The van der Waals surface area contributed by atoms with Gasteiger partial charge in [-0.05, 0) is 28.3 Å². The maximum atomic E-state index is 2.52. The summed E-state index contributed by atoms with van der Waals surface area (Å²) in [6, 6.07) is 45.3. The Bertz CT molecular complexity index is 1680. The van der Waals surface area contributed by atoms with Crippen LogP contribution in [-0.4, -0.2) is 16.0 Å². The van der Waals surface area contributed by atoms with Crippen molar-refractivity contribution >= 4 is 23.1 Å². The van der Waals surface area contributed by atoms with Crippen LogP contribution >= 0.6 is 0 Å². The molecule has 6 rings (SSSR count). The van der Waals surface area contributed by atoms with Gasteiger partial charge in [-0.1, -0.05) is 121 Å². The zero-order chi connectivity index (χ0) is 27.9. The molecule has 0 aliphatic rings. The number of aryl methyl sites for hydroxylation is 1. The average Bonchev–Trinajstić information content (AvgIpc) is 3.32. The zero-order valence-corrected chi connectivity index (χ0v) is 23.6. The van der Waals surface area contributed by atoms with Gasteiger partial charge in [-0.3, -0.25) is 4.90 Å². The van der Waals surface area contributed by atoms with Gasteiger partial charge < -0.3 is 4.57 Å². The molecule has 0 aliphatic heterocycles. The second-order valence-electron chi connectivity index (χ2n) is 10.6. The predicted molar refractivity (Wildman–Crippen MR) is 171 cm³/mol. The summed E-state index contributed by atoms with van der Waals surface area (Å²) in [6.45, 7) is 3.78. The van der Waals surface area contributed by atoms with Crippen molar-refractivity contribution in [3.8, 4) is 11.3 Å². The van der Waals surface area contributed by atoms with Crippen LogP contribution < -0.4 is 4.57 Å². The molecule has 0 amide bonds. The van der Waals surface area contributed by atoms with E-state index in [1.807, 2.05) is 0 Å². The van der Waals surface area contributed by atoms with E-state index in [0.717, 1.165) is 26.2 Å². The second kappa shape index (κ2) is 12.6. The van der Waals surface area contributed by atoms with E-state index in [4.69, 9.17) is 0 Å². The first-order valence-electron chi connectivity index (χ1n) is 14.3. The van der Waals surface area contributed by atoms with Gasteiger partial charge >= 0.3 is 0 Å². The Morgan fingerprint density at radius 2 is 1.20 bits per heavy atom. The average molecular weight is 535 g/mol. The molecule has 0 saturated carbocycles. The highest BCUT2D eigenvalue weighted by Crippen LogP contribution is 2.34. The van der Waals surface area contributed by atoms with Crippen molar-refractivity contribution in [1.82, 2.24) is 9.47 Å². The van der Waals surface area contributed by atoms with Crippen LogP contribution in [0, 0.1) is 0 Å². The van der Waals surface area contributed by atoms with E-state index in [1.54, 1.807) is 0 Å². The topological polar surface area (TPSA) is 12.0 Å². The summed E-state index contributed by atoms with van der Waals surface area (Å²) in [5.74, 6) is 0. The lowest BCUT2D eigenvalue weighted by Crippen LogP contribution is -2.39. The first-order chi connectivity index (χ1) is 20.2. The summed E-state index contributed by atoms with van der Waals surface area (Å²) in [5.41, 5.74) is 8.85. The van der Waals surface area contributed by atoms with Crippen molar-refractivity contribution in [1.29, 1.82) is 0 Å². The molecule has 0 aliphatic carbocycles. The molecule has 6 aromatic rings. The Morgan fingerprint density at radius 1 is 0.634 bits per heavy atom. The molecule has 0 spiro atoms. The van der Waals surface area contributed by atoms with Gasteiger partial charge in [0.05, 0.1) is 12.2 Å². The van der Waals surface area contributed by atoms with Gasteiger partial charge in [0.15, 0.2) is 18.9 Å². The number of para-hydroxylation sites is 1. The number of aromatic nitrogens is 2. The van der Waals surface area contributed by atoms with E-state index in [2.05, 4.69) is 173 Å². The highest BCUT2D eigenvalue weighted by molar-refractivity contribution is 5.99. The Morgan fingerprint density at radius 3 is 1.83 bits per heavy atom. The Hall–Kier alpha value is -4.73. The first-order valence-corrected chi connectivity index (χ1v) is 14.3. The fourth-order valence-corrected chi connectivity index (χ4v) is 5.60. The molecular weight excluding hydrogens is 498 g/mol. The van der Waals surface area contributed by atoms with Crippen LogP contribution in [-0.2, 0) is 26.7 Å². The van der Waals surface area contributed by atoms with Gasteiger partial charge in [-0.25, -0.2) is 4.57 Å². The molecular formula is C38H36N3+. The Balaban J connectivity index is 1.19. The molecule has 0 bridgehead atoms. The third-order valence-corrected chi connectivity index (χ3v) is 7.73. The Labute approximate surface area is 243 Å². The number of pyridine rings is 1. The molecule has 202 valence electrons. The minimum absolute atomic E-state index is 0.936. The van der Waals surface area contributed by atoms with E-state index >= 15 is 0 Å². The van der Waals surface area contributed by atoms with E-state index < -0.39 is 0 Å². The van der Waals surface area contributed by atoms with Crippen molar-refractivity contribution in [3.63, 3.8) is 0 Å². The van der Waals surface area contributed by atoms with Crippen LogP contribution in [0.5, 0.6) is 0 Å². The van der Waals surface area contributed by atoms with E-state index in [-0.39, 0.29) is 0 Å². The van der Waals surface area contributed by atoms with Gasteiger partial charge in [0.25, 0.3) is 0 Å². The predicted octanol–water partition coefficient (Wildman–Crippen LogP) is 8.01. The summed E-state index contributed by atoms with van der Waals surface area (Å²) in [7, 11) is 2.16. The molecule has 0 unspecified atom stereocenters. The molecule has 0 radical (unpaired) electrons. The zero-order valence-electron chi connectivity index (χ0n) is 23.6. The molecule has 2 aromatic heterocycles.